The molecule has 0 saturated carbocycles. The number of allylic oxidation sites excluding steroid dienone is 1. The number of hydrogen-bond acceptors (Lipinski definition) is 4. The summed E-state index contributed by atoms with van der Waals surface area (Å²) in [7, 11) is 1.72. The molecule has 2 aliphatic rings. The van der Waals surface area contributed by atoms with Crippen molar-refractivity contribution in [2.24, 2.45) is 4.99 Å². The van der Waals surface area contributed by atoms with Crippen molar-refractivity contribution in [3.05, 3.63) is 108 Å². The van der Waals surface area contributed by atoms with Crippen LogP contribution in [-0.4, -0.2) is 38.1 Å². The maximum atomic E-state index is 6.95. The zero-order valence-corrected chi connectivity index (χ0v) is 18.4. The molecule has 0 amide bonds. The summed E-state index contributed by atoms with van der Waals surface area (Å²) in [6, 6.07) is 29.5. The van der Waals surface area contributed by atoms with Crippen molar-refractivity contribution in [2.75, 3.05) is 25.1 Å². The van der Waals surface area contributed by atoms with E-state index in [0.29, 0.717) is 13.1 Å². The molecule has 1 atom stereocenters. The van der Waals surface area contributed by atoms with Gasteiger partial charge < -0.3 is 14.4 Å². The predicted molar refractivity (Wildman–Crippen MR) is 130 cm³/mol. The van der Waals surface area contributed by atoms with Crippen LogP contribution in [0.1, 0.15) is 11.1 Å². The van der Waals surface area contributed by atoms with Crippen LogP contribution < -0.4 is 4.90 Å². The average Bonchev–Trinajstić information content (AvgIpc) is 3.26. The Kier molecular flexibility index (Phi) is 5.78. The molecule has 0 spiro atoms. The molecule has 1 aliphatic heterocycles. The van der Waals surface area contributed by atoms with Crippen LogP contribution in [0.4, 0.5) is 11.4 Å². The van der Waals surface area contributed by atoms with Crippen molar-refractivity contribution in [3.8, 4) is 0 Å². The second kappa shape index (κ2) is 9.01. The molecule has 162 valence electrons. The first-order valence-electron chi connectivity index (χ1n) is 11.1. The Morgan fingerprint density at radius 3 is 1.97 bits per heavy atom. The summed E-state index contributed by atoms with van der Waals surface area (Å²) in [4.78, 5) is 6.93. The second-order valence-corrected chi connectivity index (χ2v) is 8.39. The van der Waals surface area contributed by atoms with E-state index in [1.807, 2.05) is 24.4 Å². The maximum absolute atomic E-state index is 6.95. The van der Waals surface area contributed by atoms with Gasteiger partial charge >= 0.3 is 0 Å². The zero-order valence-electron chi connectivity index (χ0n) is 18.4. The van der Waals surface area contributed by atoms with E-state index in [9.17, 15) is 0 Å². The highest BCUT2D eigenvalue weighted by molar-refractivity contribution is 5.74. The zero-order chi connectivity index (χ0) is 21.8. The normalized spacial score (nSPS) is 20.0. The largest absolute Gasteiger partial charge is 0.498 e. The molecule has 4 heteroatoms. The van der Waals surface area contributed by atoms with Crippen LogP contribution in [0, 0.1) is 0 Å². The molecule has 0 saturated heterocycles. The molecule has 0 aromatic heterocycles. The maximum Gasteiger partial charge on any atom is 0.162 e. The van der Waals surface area contributed by atoms with E-state index in [1.165, 1.54) is 11.1 Å². The molecule has 0 bridgehead atoms. The molecule has 1 unspecified atom stereocenters. The van der Waals surface area contributed by atoms with Crippen LogP contribution in [0.25, 0.3) is 0 Å². The van der Waals surface area contributed by atoms with Gasteiger partial charge in [0.1, 0.15) is 5.76 Å². The third-order valence-electron chi connectivity index (χ3n) is 6.30. The fraction of sp³-hybridized carbons (Fsp3) is 0.250. The second-order valence-electron chi connectivity index (χ2n) is 8.39. The highest BCUT2D eigenvalue weighted by Gasteiger charge is 2.43. The summed E-state index contributed by atoms with van der Waals surface area (Å²) in [5.41, 5.74) is 4.29. The summed E-state index contributed by atoms with van der Waals surface area (Å²) in [6.07, 6.45) is 5.68. The number of dihydropyridines is 1. The molecular weight excluding hydrogens is 396 g/mol. The van der Waals surface area contributed by atoms with E-state index in [4.69, 9.17) is 9.47 Å². The monoisotopic (exact) mass is 424 g/mol. The van der Waals surface area contributed by atoms with Crippen LogP contribution >= 0.6 is 0 Å². The smallest absolute Gasteiger partial charge is 0.162 e. The van der Waals surface area contributed by atoms with Crippen molar-refractivity contribution in [3.63, 3.8) is 0 Å². The lowest BCUT2D eigenvalue weighted by atomic mass is 9.96. The predicted octanol–water partition coefficient (Wildman–Crippen LogP) is 5.36. The minimum Gasteiger partial charge on any atom is -0.498 e. The van der Waals surface area contributed by atoms with Crippen molar-refractivity contribution in [1.29, 1.82) is 0 Å². The van der Waals surface area contributed by atoms with Crippen LogP contribution in [0.15, 0.2) is 102 Å². The average molecular weight is 425 g/mol. The molecule has 4 nitrogen and oxygen atoms in total. The topological polar surface area (TPSA) is 34.1 Å². The van der Waals surface area contributed by atoms with Crippen molar-refractivity contribution in [2.45, 2.75) is 24.5 Å². The van der Waals surface area contributed by atoms with Gasteiger partial charge in [0, 0.05) is 17.6 Å². The molecule has 0 fully saturated rings. The number of hydrogen-bond donors (Lipinski definition) is 0. The standard InChI is InChI=1S/C28H28N2O2/c1-31-27-16-17-29-20-28(27,32-26-18-22-10-8-9-11-23(22)19-26)21-30(24-12-4-2-5-13-24)25-14-6-3-7-15-25/h2-17,26H,18-21H2,1H3. The first-order valence-corrected chi connectivity index (χ1v) is 11.1. The Labute approximate surface area is 189 Å². The molecular formula is C28H28N2O2. The SMILES string of the molecule is COC1=CC=NCC1(CN(c1ccccc1)c1ccccc1)OC1Cc2ccccc2C1. The van der Waals surface area contributed by atoms with Gasteiger partial charge in [-0.15, -0.1) is 0 Å². The minimum atomic E-state index is -0.679. The van der Waals surface area contributed by atoms with E-state index in [-0.39, 0.29) is 6.10 Å². The van der Waals surface area contributed by atoms with Crippen LogP contribution in [-0.2, 0) is 22.3 Å². The van der Waals surface area contributed by atoms with Crippen molar-refractivity contribution < 1.29 is 9.47 Å². The number of nitrogens with zero attached hydrogens (tertiary/aromatic N) is 2. The van der Waals surface area contributed by atoms with Gasteiger partial charge in [0.15, 0.2) is 5.60 Å². The lowest BCUT2D eigenvalue weighted by Crippen LogP contribution is -2.51. The molecule has 1 aliphatic carbocycles. The Morgan fingerprint density at radius 2 is 1.41 bits per heavy atom. The van der Waals surface area contributed by atoms with E-state index < -0.39 is 5.60 Å². The first kappa shape index (κ1) is 20.5. The van der Waals surface area contributed by atoms with Gasteiger partial charge in [0.25, 0.3) is 0 Å². The number of fused-ring (bicyclic) bond motifs is 1. The lowest BCUT2D eigenvalue weighted by molar-refractivity contribution is -0.0799. The van der Waals surface area contributed by atoms with Crippen LogP contribution in [0.5, 0.6) is 0 Å². The summed E-state index contributed by atoms with van der Waals surface area (Å²) in [6.45, 7) is 1.13. The number of ether oxygens (including phenoxy) is 2. The summed E-state index contributed by atoms with van der Waals surface area (Å²) < 4.78 is 12.8. The molecule has 0 N–H and O–H groups in total. The number of para-hydroxylation sites is 2. The van der Waals surface area contributed by atoms with E-state index in [2.05, 4.69) is 82.7 Å². The Morgan fingerprint density at radius 1 is 0.844 bits per heavy atom. The van der Waals surface area contributed by atoms with Gasteiger partial charge in [-0.05, 0) is 54.3 Å². The van der Waals surface area contributed by atoms with Gasteiger partial charge in [-0.3, -0.25) is 4.99 Å². The highest BCUT2D eigenvalue weighted by Crippen LogP contribution is 2.36. The third kappa shape index (κ3) is 4.06. The number of anilines is 2. The fourth-order valence-electron chi connectivity index (χ4n) is 4.79. The van der Waals surface area contributed by atoms with Crippen molar-refractivity contribution >= 4 is 17.6 Å². The van der Waals surface area contributed by atoms with Gasteiger partial charge in [-0.25, -0.2) is 0 Å². The summed E-state index contributed by atoms with van der Waals surface area (Å²) in [5.74, 6) is 0.820. The van der Waals surface area contributed by atoms with Gasteiger partial charge in [0.2, 0.25) is 0 Å². The quantitative estimate of drug-likeness (QED) is 0.512. The number of rotatable bonds is 7. The Balaban J connectivity index is 1.50. The number of aliphatic imine (C=N–C) groups is 1. The van der Waals surface area contributed by atoms with E-state index >= 15 is 0 Å². The first-order chi connectivity index (χ1) is 15.8. The van der Waals surface area contributed by atoms with Crippen LogP contribution in [0.3, 0.4) is 0 Å². The van der Waals surface area contributed by atoms with Gasteiger partial charge in [-0.1, -0.05) is 60.7 Å². The minimum absolute atomic E-state index is 0.0904. The lowest BCUT2D eigenvalue weighted by Gasteiger charge is -2.41. The third-order valence-corrected chi connectivity index (χ3v) is 6.30. The molecule has 0 radical (unpaired) electrons. The van der Waals surface area contributed by atoms with E-state index in [1.54, 1.807) is 7.11 Å². The van der Waals surface area contributed by atoms with Gasteiger partial charge in [-0.2, -0.15) is 0 Å². The summed E-state index contributed by atoms with van der Waals surface area (Å²) in [5, 5.41) is 0. The number of benzene rings is 3. The molecule has 32 heavy (non-hydrogen) atoms. The summed E-state index contributed by atoms with van der Waals surface area (Å²) >= 11 is 0. The molecule has 3 aromatic carbocycles. The molecule has 3 aromatic rings. The van der Waals surface area contributed by atoms with Crippen molar-refractivity contribution in [1.82, 2.24) is 0 Å². The van der Waals surface area contributed by atoms with Gasteiger partial charge in [0.05, 0.1) is 26.3 Å². The molecule has 5 rings (SSSR count). The Bertz CT molecular complexity index is 1050. The van der Waals surface area contributed by atoms with Crippen LogP contribution in [0.2, 0.25) is 0 Å². The highest BCUT2D eigenvalue weighted by atomic mass is 16.6. The fourth-order valence-corrected chi connectivity index (χ4v) is 4.79. The van der Waals surface area contributed by atoms with E-state index in [0.717, 1.165) is 30.0 Å². The Hall–Kier alpha value is -3.37. The number of methoxy groups -OCH3 is 1. The molecule has 1 heterocycles.